The molecule has 0 unspecified atom stereocenters. The Hall–Kier alpha value is -3.09. The van der Waals surface area contributed by atoms with E-state index in [1.54, 1.807) is 0 Å². The smallest absolute Gasteiger partial charge is 0.324 e. The standard InChI is InChI=1S/C20H24N4O3/c1-23-12-5-8-16(23)14-21-18(25)10-9-17-19(26)24(20(27)22-17)13-11-15-6-3-2-4-7-15/h2-8,12,17H,9-11,13-14H2,1H3,(H,21,25)(H,22,27)/t17-/m0/s1. The van der Waals surface area contributed by atoms with Crippen LogP contribution in [0.1, 0.15) is 24.1 Å². The van der Waals surface area contributed by atoms with Crippen molar-refractivity contribution in [3.63, 3.8) is 0 Å². The van der Waals surface area contributed by atoms with Gasteiger partial charge in [0.05, 0.1) is 6.54 Å². The summed E-state index contributed by atoms with van der Waals surface area (Å²) in [4.78, 5) is 37.8. The third-order valence-corrected chi connectivity index (χ3v) is 4.75. The molecule has 1 atom stereocenters. The Morgan fingerprint density at radius 2 is 1.93 bits per heavy atom. The highest BCUT2D eigenvalue weighted by atomic mass is 16.2. The summed E-state index contributed by atoms with van der Waals surface area (Å²) in [5, 5.41) is 5.51. The van der Waals surface area contributed by atoms with E-state index in [0.29, 0.717) is 25.9 Å². The van der Waals surface area contributed by atoms with Crippen LogP contribution in [0.15, 0.2) is 48.7 Å². The normalized spacial score (nSPS) is 16.5. The Balaban J connectivity index is 1.44. The minimum Gasteiger partial charge on any atom is -0.353 e. The number of aromatic nitrogens is 1. The van der Waals surface area contributed by atoms with Gasteiger partial charge in [0.2, 0.25) is 5.91 Å². The van der Waals surface area contributed by atoms with E-state index in [9.17, 15) is 14.4 Å². The second kappa shape index (κ2) is 8.53. The first-order valence-corrected chi connectivity index (χ1v) is 9.07. The van der Waals surface area contributed by atoms with E-state index in [1.165, 1.54) is 4.90 Å². The molecule has 1 aliphatic rings. The monoisotopic (exact) mass is 368 g/mol. The molecule has 2 N–H and O–H groups in total. The van der Waals surface area contributed by atoms with Crippen molar-refractivity contribution < 1.29 is 14.4 Å². The predicted molar refractivity (Wildman–Crippen MR) is 101 cm³/mol. The van der Waals surface area contributed by atoms with E-state index in [0.717, 1.165) is 11.3 Å². The molecule has 2 aromatic rings. The van der Waals surface area contributed by atoms with Crippen molar-refractivity contribution in [3.05, 3.63) is 59.9 Å². The maximum Gasteiger partial charge on any atom is 0.324 e. The van der Waals surface area contributed by atoms with Gasteiger partial charge in [-0.3, -0.25) is 14.5 Å². The van der Waals surface area contributed by atoms with Crippen molar-refractivity contribution in [2.45, 2.75) is 31.8 Å². The fourth-order valence-electron chi connectivity index (χ4n) is 3.10. The zero-order chi connectivity index (χ0) is 19.2. The van der Waals surface area contributed by atoms with Gasteiger partial charge in [0, 0.05) is 31.9 Å². The van der Waals surface area contributed by atoms with Crippen molar-refractivity contribution >= 4 is 17.8 Å². The molecule has 0 spiro atoms. The molecule has 7 nitrogen and oxygen atoms in total. The fraction of sp³-hybridized carbons (Fsp3) is 0.350. The molecule has 1 aromatic carbocycles. The van der Waals surface area contributed by atoms with Crippen LogP contribution in [-0.2, 0) is 29.6 Å². The lowest BCUT2D eigenvalue weighted by Gasteiger charge is -2.13. The van der Waals surface area contributed by atoms with Crippen molar-refractivity contribution in [3.8, 4) is 0 Å². The lowest BCUT2D eigenvalue weighted by atomic mass is 10.1. The fourth-order valence-corrected chi connectivity index (χ4v) is 3.10. The summed E-state index contributed by atoms with van der Waals surface area (Å²) in [5.41, 5.74) is 2.07. The molecular weight excluding hydrogens is 344 g/mol. The van der Waals surface area contributed by atoms with Crippen molar-refractivity contribution in [2.75, 3.05) is 6.54 Å². The van der Waals surface area contributed by atoms with Crippen LogP contribution in [0.4, 0.5) is 4.79 Å². The Morgan fingerprint density at radius 3 is 2.63 bits per heavy atom. The maximum atomic E-state index is 12.4. The van der Waals surface area contributed by atoms with Crippen molar-refractivity contribution in [2.24, 2.45) is 7.05 Å². The number of imide groups is 1. The minimum atomic E-state index is -0.631. The van der Waals surface area contributed by atoms with Gasteiger partial charge in [-0.25, -0.2) is 4.79 Å². The quantitative estimate of drug-likeness (QED) is 0.694. The maximum absolute atomic E-state index is 12.4. The van der Waals surface area contributed by atoms with E-state index >= 15 is 0 Å². The number of hydrogen-bond acceptors (Lipinski definition) is 3. The Labute approximate surface area is 158 Å². The molecule has 4 amide bonds. The predicted octanol–water partition coefficient (Wildman–Crippen LogP) is 1.58. The van der Waals surface area contributed by atoms with Gasteiger partial charge in [-0.05, 0) is 30.5 Å². The van der Waals surface area contributed by atoms with Gasteiger partial charge < -0.3 is 15.2 Å². The van der Waals surface area contributed by atoms with Crippen molar-refractivity contribution in [1.82, 2.24) is 20.1 Å². The lowest BCUT2D eigenvalue weighted by Crippen LogP contribution is -2.34. The van der Waals surface area contributed by atoms with Gasteiger partial charge in [-0.2, -0.15) is 0 Å². The van der Waals surface area contributed by atoms with Crippen LogP contribution >= 0.6 is 0 Å². The number of aryl methyl sites for hydroxylation is 1. The summed E-state index contributed by atoms with van der Waals surface area (Å²) in [7, 11) is 1.91. The van der Waals surface area contributed by atoms with Crippen LogP contribution in [0, 0.1) is 0 Å². The van der Waals surface area contributed by atoms with Crippen LogP contribution in [0.2, 0.25) is 0 Å². The van der Waals surface area contributed by atoms with Crippen molar-refractivity contribution in [1.29, 1.82) is 0 Å². The first-order valence-electron chi connectivity index (χ1n) is 9.07. The summed E-state index contributed by atoms with van der Waals surface area (Å²) >= 11 is 0. The Morgan fingerprint density at radius 1 is 1.15 bits per heavy atom. The number of carbonyl (C=O) groups is 3. The first-order chi connectivity index (χ1) is 13.0. The van der Waals surface area contributed by atoms with Gasteiger partial charge in [0.25, 0.3) is 5.91 Å². The first kappa shape index (κ1) is 18.7. The van der Waals surface area contributed by atoms with Gasteiger partial charge in [0.15, 0.2) is 0 Å². The lowest BCUT2D eigenvalue weighted by molar-refractivity contribution is -0.127. The second-order valence-corrected chi connectivity index (χ2v) is 6.65. The molecule has 3 rings (SSSR count). The van der Waals surface area contributed by atoms with E-state index in [2.05, 4.69) is 10.6 Å². The Kier molecular flexibility index (Phi) is 5.90. The summed E-state index contributed by atoms with van der Waals surface area (Å²) in [5.74, 6) is -0.396. The van der Waals surface area contributed by atoms with Gasteiger partial charge >= 0.3 is 6.03 Å². The number of carbonyl (C=O) groups excluding carboxylic acids is 3. The van der Waals surface area contributed by atoms with Gasteiger partial charge in [-0.1, -0.05) is 30.3 Å². The summed E-state index contributed by atoms with van der Waals surface area (Å²) in [6, 6.07) is 12.6. The molecule has 1 fully saturated rings. The van der Waals surface area contributed by atoms with Crippen LogP contribution in [-0.4, -0.2) is 39.9 Å². The van der Waals surface area contributed by atoms with Gasteiger partial charge in [-0.15, -0.1) is 0 Å². The van der Waals surface area contributed by atoms with E-state index in [4.69, 9.17) is 0 Å². The number of benzene rings is 1. The molecule has 1 aliphatic heterocycles. The molecule has 0 radical (unpaired) electrons. The topological polar surface area (TPSA) is 83.4 Å². The Bertz CT molecular complexity index is 816. The largest absolute Gasteiger partial charge is 0.353 e. The number of nitrogens with zero attached hydrogens (tertiary/aromatic N) is 2. The zero-order valence-electron chi connectivity index (χ0n) is 15.4. The number of rotatable bonds is 8. The molecule has 2 heterocycles. The number of nitrogens with one attached hydrogen (secondary N) is 2. The highest BCUT2D eigenvalue weighted by molar-refractivity contribution is 6.04. The highest BCUT2D eigenvalue weighted by Gasteiger charge is 2.37. The van der Waals surface area contributed by atoms with Crippen LogP contribution < -0.4 is 10.6 Å². The average Bonchev–Trinajstić information content (AvgIpc) is 3.20. The van der Waals surface area contributed by atoms with E-state index in [-0.39, 0.29) is 24.3 Å². The van der Waals surface area contributed by atoms with Crippen LogP contribution in [0.25, 0.3) is 0 Å². The van der Waals surface area contributed by atoms with E-state index < -0.39 is 6.04 Å². The number of urea groups is 1. The van der Waals surface area contributed by atoms with Gasteiger partial charge in [0.1, 0.15) is 6.04 Å². The molecule has 142 valence electrons. The SMILES string of the molecule is Cn1cccc1CNC(=O)CC[C@@H]1NC(=O)N(CCc2ccccc2)C1=O. The molecule has 1 saturated heterocycles. The minimum absolute atomic E-state index is 0.138. The summed E-state index contributed by atoms with van der Waals surface area (Å²) in [6.07, 6.45) is 3.02. The van der Waals surface area contributed by atoms with Crippen LogP contribution in [0.5, 0.6) is 0 Å². The molecule has 0 aliphatic carbocycles. The molecule has 0 saturated carbocycles. The zero-order valence-corrected chi connectivity index (χ0v) is 15.4. The molecule has 27 heavy (non-hydrogen) atoms. The molecule has 7 heteroatoms. The summed E-state index contributed by atoms with van der Waals surface area (Å²) in [6.45, 7) is 0.779. The third kappa shape index (κ3) is 4.75. The average molecular weight is 368 g/mol. The molecule has 0 bridgehead atoms. The molecule has 1 aromatic heterocycles. The highest BCUT2D eigenvalue weighted by Crippen LogP contribution is 2.13. The number of hydrogen-bond donors (Lipinski definition) is 2. The summed E-state index contributed by atoms with van der Waals surface area (Å²) < 4.78 is 1.94. The number of amides is 4. The van der Waals surface area contributed by atoms with E-state index in [1.807, 2.05) is 60.3 Å². The molecular formula is C20H24N4O3. The third-order valence-electron chi connectivity index (χ3n) is 4.75. The van der Waals surface area contributed by atoms with Crippen LogP contribution in [0.3, 0.4) is 0 Å². The second-order valence-electron chi connectivity index (χ2n) is 6.65.